The maximum absolute atomic E-state index is 11.8. The van der Waals surface area contributed by atoms with Gasteiger partial charge in [0.25, 0.3) is 0 Å². The molecule has 5 nitrogen and oxygen atoms in total. The molecule has 1 aliphatic rings. The van der Waals surface area contributed by atoms with Gasteiger partial charge in [-0.2, -0.15) is 4.21 Å². The first-order valence-electron chi connectivity index (χ1n) is 8.20. The average Bonchev–Trinajstić information content (AvgIpc) is 2.62. The smallest absolute Gasteiger partial charge is 0.357 e. The molecule has 1 atom stereocenters. The Labute approximate surface area is 159 Å². The molecule has 0 fully saturated rings. The molecule has 1 aliphatic carbocycles. The van der Waals surface area contributed by atoms with Gasteiger partial charge in [-0.05, 0) is 72.0 Å². The maximum Gasteiger partial charge on any atom is 0.357 e. The lowest BCUT2D eigenvalue weighted by Crippen LogP contribution is -2.05. The minimum absolute atomic E-state index is 0.0685. The lowest BCUT2D eigenvalue weighted by atomic mass is 9.88. The Morgan fingerprint density at radius 2 is 1.81 bits per heavy atom. The topological polar surface area (TPSA) is 83.8 Å². The van der Waals surface area contributed by atoms with E-state index >= 15 is 0 Å². The van der Waals surface area contributed by atoms with Crippen LogP contribution in [0.2, 0.25) is 0 Å². The first-order chi connectivity index (χ1) is 12.9. The third kappa shape index (κ3) is 4.07. The van der Waals surface area contributed by atoms with E-state index in [0.29, 0.717) is 16.7 Å². The van der Waals surface area contributed by atoms with Crippen LogP contribution in [-0.2, 0) is 16.2 Å². The van der Waals surface area contributed by atoms with Crippen molar-refractivity contribution in [2.24, 2.45) is 0 Å². The molecule has 27 heavy (non-hydrogen) atoms. The summed E-state index contributed by atoms with van der Waals surface area (Å²) < 4.78 is 25.5. The van der Waals surface area contributed by atoms with Crippen molar-refractivity contribution in [3.63, 3.8) is 0 Å². The van der Waals surface area contributed by atoms with Crippen LogP contribution in [0.3, 0.4) is 0 Å². The molecule has 0 aromatic heterocycles. The van der Waals surface area contributed by atoms with Gasteiger partial charge in [-0.3, -0.25) is 9.35 Å². The molecule has 0 saturated heterocycles. The molecule has 0 aliphatic heterocycles. The first kappa shape index (κ1) is 18.8. The summed E-state index contributed by atoms with van der Waals surface area (Å²) in [5, 5.41) is 9.87. The van der Waals surface area contributed by atoms with Crippen LogP contribution in [0, 0.1) is 6.92 Å². The zero-order chi connectivity index (χ0) is 19.6. The standard InChI is InChI=1S/C21H18O5S/c1-13-11-15(7-9-18(13)22)21(16-8-10-19(23)14(2)12-16)17-5-3-4-6-20(17)26-27(24)25/h3-12,22H,1-2H3,(H,24,25). The number of ketones is 1. The van der Waals surface area contributed by atoms with Crippen LogP contribution in [0.5, 0.6) is 11.5 Å². The van der Waals surface area contributed by atoms with E-state index in [4.69, 9.17) is 4.18 Å². The summed E-state index contributed by atoms with van der Waals surface area (Å²) in [7, 11) is 0. The molecular weight excluding hydrogens is 364 g/mol. The van der Waals surface area contributed by atoms with E-state index < -0.39 is 11.4 Å². The highest BCUT2D eigenvalue weighted by Crippen LogP contribution is 2.37. The zero-order valence-corrected chi connectivity index (χ0v) is 15.6. The summed E-state index contributed by atoms with van der Waals surface area (Å²) in [6, 6.07) is 12.0. The average molecular weight is 382 g/mol. The van der Waals surface area contributed by atoms with Gasteiger partial charge < -0.3 is 9.29 Å². The van der Waals surface area contributed by atoms with E-state index in [1.165, 1.54) is 6.08 Å². The molecule has 0 amide bonds. The number of carbonyl (C=O) groups excluding carboxylic acids is 1. The molecule has 0 spiro atoms. The number of hydrogen-bond donors (Lipinski definition) is 2. The van der Waals surface area contributed by atoms with E-state index in [1.54, 1.807) is 62.4 Å². The van der Waals surface area contributed by atoms with Crippen LogP contribution in [0.4, 0.5) is 0 Å². The van der Waals surface area contributed by atoms with Gasteiger partial charge in [-0.15, -0.1) is 0 Å². The fourth-order valence-electron chi connectivity index (χ4n) is 2.92. The lowest BCUT2D eigenvalue weighted by Gasteiger charge is -2.17. The first-order valence-corrected chi connectivity index (χ1v) is 9.23. The number of phenolic OH excluding ortho intramolecular Hbond substituents is 1. The quantitative estimate of drug-likeness (QED) is 0.778. The molecule has 3 rings (SSSR count). The maximum atomic E-state index is 11.8. The van der Waals surface area contributed by atoms with Crippen LogP contribution >= 0.6 is 0 Å². The number of hydrogen-bond acceptors (Lipinski definition) is 4. The van der Waals surface area contributed by atoms with Crippen molar-refractivity contribution in [2.75, 3.05) is 0 Å². The molecule has 2 N–H and O–H groups in total. The summed E-state index contributed by atoms with van der Waals surface area (Å²) in [6.45, 7) is 3.52. The number of benzene rings is 2. The number of aryl methyl sites for hydroxylation is 1. The van der Waals surface area contributed by atoms with Gasteiger partial charge in [-0.1, -0.05) is 30.3 Å². The number of carbonyl (C=O) groups is 1. The van der Waals surface area contributed by atoms with Crippen molar-refractivity contribution in [1.82, 2.24) is 0 Å². The molecule has 138 valence electrons. The van der Waals surface area contributed by atoms with Gasteiger partial charge in [0.05, 0.1) is 0 Å². The van der Waals surface area contributed by atoms with Gasteiger partial charge in [0.15, 0.2) is 5.78 Å². The van der Waals surface area contributed by atoms with Gasteiger partial charge in [-0.25, -0.2) is 0 Å². The van der Waals surface area contributed by atoms with E-state index in [-0.39, 0.29) is 17.3 Å². The minimum atomic E-state index is -2.48. The monoisotopic (exact) mass is 382 g/mol. The normalized spacial score (nSPS) is 16.7. The fraction of sp³-hybridized carbons (Fsp3) is 0.0952. The second-order valence-electron chi connectivity index (χ2n) is 6.15. The molecule has 2 aromatic carbocycles. The van der Waals surface area contributed by atoms with Crippen LogP contribution in [0.25, 0.3) is 5.57 Å². The highest BCUT2D eigenvalue weighted by Gasteiger charge is 2.18. The summed E-state index contributed by atoms with van der Waals surface area (Å²) in [4.78, 5) is 11.8. The highest BCUT2D eigenvalue weighted by molar-refractivity contribution is 7.74. The predicted molar refractivity (Wildman–Crippen MR) is 105 cm³/mol. The van der Waals surface area contributed by atoms with E-state index in [1.807, 2.05) is 6.07 Å². The third-order valence-corrected chi connectivity index (χ3v) is 4.59. The van der Waals surface area contributed by atoms with Gasteiger partial charge in [0, 0.05) is 5.56 Å². The zero-order valence-electron chi connectivity index (χ0n) is 14.8. The number of phenols is 1. The Kier molecular flexibility index (Phi) is 5.39. The predicted octanol–water partition coefficient (Wildman–Crippen LogP) is 4.10. The Morgan fingerprint density at radius 3 is 2.48 bits per heavy atom. The molecule has 1 unspecified atom stereocenters. The van der Waals surface area contributed by atoms with Gasteiger partial charge >= 0.3 is 11.4 Å². The molecular formula is C21H18O5S. The van der Waals surface area contributed by atoms with Crippen molar-refractivity contribution < 1.29 is 22.8 Å². The summed E-state index contributed by atoms with van der Waals surface area (Å²) in [5.41, 5.74) is 4.14. The lowest BCUT2D eigenvalue weighted by molar-refractivity contribution is -0.111. The minimum Gasteiger partial charge on any atom is -0.508 e. The molecule has 2 aromatic rings. The molecule has 0 bridgehead atoms. The van der Waals surface area contributed by atoms with Crippen LogP contribution in [0.1, 0.15) is 23.6 Å². The Hall–Kier alpha value is -2.96. The Bertz CT molecular complexity index is 1030. The van der Waals surface area contributed by atoms with Crippen molar-refractivity contribution in [1.29, 1.82) is 0 Å². The second-order valence-corrected chi connectivity index (χ2v) is 6.75. The third-order valence-electron chi connectivity index (χ3n) is 4.27. The van der Waals surface area contributed by atoms with E-state index in [9.17, 15) is 18.7 Å². The van der Waals surface area contributed by atoms with Gasteiger partial charge in [0.2, 0.25) is 0 Å². The summed E-state index contributed by atoms with van der Waals surface area (Å²) in [5.74, 6) is 0.342. The summed E-state index contributed by atoms with van der Waals surface area (Å²) in [6.07, 6.45) is 4.97. The number of aromatic hydroxyl groups is 1. The summed E-state index contributed by atoms with van der Waals surface area (Å²) >= 11 is -2.48. The Morgan fingerprint density at radius 1 is 1.07 bits per heavy atom. The van der Waals surface area contributed by atoms with E-state index in [0.717, 1.165) is 16.7 Å². The van der Waals surface area contributed by atoms with Gasteiger partial charge in [0.1, 0.15) is 11.5 Å². The fourth-order valence-corrected chi connectivity index (χ4v) is 3.22. The number of rotatable bonds is 4. The Balaban J connectivity index is 2.30. The van der Waals surface area contributed by atoms with Crippen LogP contribution < -0.4 is 4.18 Å². The SMILES string of the molecule is CC1=CC(=C(c2ccc(O)c(C)c2)c2ccccc2OS(=O)O)C=CC1=O. The van der Waals surface area contributed by atoms with Crippen molar-refractivity contribution in [3.05, 3.63) is 88.5 Å². The van der Waals surface area contributed by atoms with E-state index in [2.05, 4.69) is 0 Å². The molecule has 0 saturated carbocycles. The van der Waals surface area contributed by atoms with Crippen LogP contribution in [0.15, 0.2) is 71.8 Å². The second kappa shape index (κ2) is 7.73. The molecule has 6 heteroatoms. The highest BCUT2D eigenvalue weighted by atomic mass is 32.2. The molecule has 0 heterocycles. The largest absolute Gasteiger partial charge is 0.508 e. The number of allylic oxidation sites excluding steroid dienone is 5. The van der Waals surface area contributed by atoms with Crippen molar-refractivity contribution in [2.45, 2.75) is 13.8 Å². The van der Waals surface area contributed by atoms with Crippen molar-refractivity contribution in [3.8, 4) is 11.5 Å². The number of para-hydroxylation sites is 1. The van der Waals surface area contributed by atoms with Crippen LogP contribution in [-0.4, -0.2) is 19.7 Å². The van der Waals surface area contributed by atoms with Crippen molar-refractivity contribution >= 4 is 22.7 Å². The molecule has 0 radical (unpaired) electrons.